The average Bonchev–Trinajstić information content (AvgIpc) is 3.38. The van der Waals surface area contributed by atoms with Gasteiger partial charge in [-0.25, -0.2) is 0 Å². The summed E-state index contributed by atoms with van der Waals surface area (Å²) in [5.41, 5.74) is 2.32. The van der Waals surface area contributed by atoms with Crippen molar-refractivity contribution in [2.24, 2.45) is 10.2 Å². The number of fused-ring (bicyclic) bond motifs is 1. The Morgan fingerprint density at radius 1 is 0.698 bits per heavy atom. The van der Waals surface area contributed by atoms with Crippen LogP contribution in [0.15, 0.2) is 150 Å². The van der Waals surface area contributed by atoms with Crippen LogP contribution >= 0.6 is 8.95 Å². The molecule has 0 aliphatic heterocycles. The van der Waals surface area contributed by atoms with Gasteiger partial charge in [0.1, 0.15) is 0 Å². The Bertz CT molecular complexity index is 1830. The van der Waals surface area contributed by atoms with Gasteiger partial charge in [0.25, 0.3) is 0 Å². The summed E-state index contributed by atoms with van der Waals surface area (Å²) in [4.78, 5) is 2.98. The molecule has 0 aliphatic carbocycles. The molecule has 0 fully saturated rings. The monoisotopic (exact) mass is 690 g/mol. The Labute approximate surface area is 255 Å². The van der Waals surface area contributed by atoms with Crippen molar-refractivity contribution in [2.75, 3.05) is 0 Å². The number of aromatic amines is 1. The topological polar surface area (TPSA) is 84.6 Å². The number of para-hydroxylation sites is 1. The molecule has 210 valence electrons. The van der Waals surface area contributed by atoms with Gasteiger partial charge in [0.2, 0.25) is 0 Å². The first-order chi connectivity index (χ1) is 21.0. The number of azo groups is 1. The SMILES string of the molecule is N=C(N=N/C(=C\c1c(O)[nH]c2ccccc12)c1ccc(F)cc1)[S][Sn]([c]1ccccc1)([c]1ccccc1)[c]1ccccc1. The van der Waals surface area contributed by atoms with Crippen molar-refractivity contribution in [3.63, 3.8) is 0 Å². The Hall–Kier alpha value is -4.47. The Morgan fingerprint density at radius 2 is 1.21 bits per heavy atom. The number of aromatic nitrogens is 1. The summed E-state index contributed by atoms with van der Waals surface area (Å²) in [6.07, 6.45) is 1.71. The van der Waals surface area contributed by atoms with Crippen LogP contribution in [0, 0.1) is 11.2 Å². The van der Waals surface area contributed by atoms with E-state index < -0.39 is 17.0 Å². The summed E-state index contributed by atoms with van der Waals surface area (Å²) >= 11 is -3.88. The van der Waals surface area contributed by atoms with Crippen LogP contribution in [0.4, 0.5) is 4.39 Å². The van der Waals surface area contributed by atoms with E-state index in [0.717, 1.165) is 10.9 Å². The van der Waals surface area contributed by atoms with Crippen LogP contribution in [0.2, 0.25) is 0 Å². The third kappa shape index (κ3) is 6.04. The number of hydrogen-bond acceptors (Lipinski definition) is 4. The second-order valence-corrected chi connectivity index (χ2v) is 25.1. The second kappa shape index (κ2) is 12.8. The third-order valence-corrected chi connectivity index (χ3v) is 26.6. The average molecular weight is 689 g/mol. The van der Waals surface area contributed by atoms with E-state index in [0.29, 0.717) is 16.8 Å². The summed E-state index contributed by atoms with van der Waals surface area (Å²) in [7, 11) is 1.49. The van der Waals surface area contributed by atoms with Gasteiger partial charge in [0.15, 0.2) is 0 Å². The van der Waals surface area contributed by atoms with E-state index in [1.807, 2.05) is 78.9 Å². The number of nitrogens with zero attached hydrogens (tertiary/aromatic N) is 2. The van der Waals surface area contributed by atoms with Gasteiger partial charge in [-0.15, -0.1) is 0 Å². The first kappa shape index (κ1) is 28.6. The molecule has 6 aromatic rings. The predicted octanol–water partition coefficient (Wildman–Crippen LogP) is 7.30. The molecule has 0 saturated carbocycles. The van der Waals surface area contributed by atoms with Gasteiger partial charge in [0.05, 0.1) is 0 Å². The maximum atomic E-state index is 13.8. The standard InChI is InChI=1S/C17H13FN4OS.3C6H5.Sn/c18-11-7-5-10(6-8-11)15(21-22-17(19)24)9-13-12-3-1-2-4-14(12)20-16(13)23;3*1-2-4-6-5-3-1;/h1-9,20,23H,(H2,19,24);3*1-5H;/q;;;;+1/p-1/b15-9-,22-21?;;;;. The molecule has 43 heavy (non-hydrogen) atoms. The van der Waals surface area contributed by atoms with E-state index in [4.69, 9.17) is 5.41 Å². The van der Waals surface area contributed by atoms with Crippen molar-refractivity contribution < 1.29 is 9.50 Å². The van der Waals surface area contributed by atoms with Gasteiger partial charge < -0.3 is 0 Å². The minimum atomic E-state index is -3.88. The number of nitrogens with one attached hydrogen (secondary N) is 2. The van der Waals surface area contributed by atoms with Gasteiger partial charge in [-0.05, 0) is 0 Å². The number of H-pyrrole nitrogens is 1. The Morgan fingerprint density at radius 3 is 1.77 bits per heavy atom. The van der Waals surface area contributed by atoms with Crippen LogP contribution in [0.3, 0.4) is 0 Å². The molecule has 0 aliphatic rings. The molecule has 0 saturated heterocycles. The van der Waals surface area contributed by atoms with Crippen LogP contribution in [-0.4, -0.2) is 32.3 Å². The maximum absolute atomic E-state index is 13.8. The summed E-state index contributed by atoms with van der Waals surface area (Å²) in [6, 6.07) is 44.7. The first-order valence-corrected chi connectivity index (χ1v) is 22.3. The zero-order chi connectivity index (χ0) is 29.6. The molecule has 1 aromatic heterocycles. The molecular formula is C35H27FN4OSSn. The molecule has 3 N–H and O–H groups in total. The zero-order valence-electron chi connectivity index (χ0n) is 23.0. The minimum absolute atomic E-state index is 0.00656. The second-order valence-electron chi connectivity index (χ2n) is 9.86. The number of halogens is 1. The van der Waals surface area contributed by atoms with Crippen LogP contribution in [0.5, 0.6) is 5.88 Å². The quantitative estimate of drug-likeness (QED) is 0.0712. The van der Waals surface area contributed by atoms with Crippen molar-refractivity contribution in [2.45, 2.75) is 0 Å². The van der Waals surface area contributed by atoms with E-state index in [-0.39, 0.29) is 16.9 Å². The predicted molar refractivity (Wildman–Crippen MR) is 178 cm³/mol. The number of rotatable bonds is 7. The summed E-state index contributed by atoms with van der Waals surface area (Å²) in [5.74, 6) is -0.376. The molecule has 6 rings (SSSR count). The summed E-state index contributed by atoms with van der Waals surface area (Å²) < 4.78 is 17.5. The number of aromatic hydroxyl groups is 1. The van der Waals surface area contributed by atoms with E-state index in [1.165, 1.54) is 31.8 Å². The Balaban J connectivity index is 1.45. The van der Waals surface area contributed by atoms with E-state index in [9.17, 15) is 9.50 Å². The number of amidine groups is 1. The van der Waals surface area contributed by atoms with Crippen molar-refractivity contribution in [1.29, 1.82) is 5.41 Å². The molecule has 5 aromatic carbocycles. The molecule has 5 nitrogen and oxygen atoms in total. The molecule has 0 bridgehead atoms. The molecular weight excluding hydrogens is 662 g/mol. The molecule has 0 amide bonds. The van der Waals surface area contributed by atoms with Crippen molar-refractivity contribution >= 4 is 64.5 Å². The van der Waals surface area contributed by atoms with E-state index in [2.05, 4.69) is 51.6 Å². The van der Waals surface area contributed by atoms with Crippen LogP contribution in [-0.2, 0) is 0 Å². The molecule has 8 heteroatoms. The zero-order valence-corrected chi connectivity index (χ0v) is 26.7. The molecule has 1 heterocycles. The van der Waals surface area contributed by atoms with Crippen molar-refractivity contribution in [3.05, 3.63) is 156 Å². The molecule has 0 spiro atoms. The Kier molecular flexibility index (Phi) is 8.53. The fraction of sp³-hybridized carbons (Fsp3) is 0. The van der Waals surface area contributed by atoms with Gasteiger partial charge >= 0.3 is 257 Å². The van der Waals surface area contributed by atoms with Crippen LogP contribution in [0.25, 0.3) is 22.7 Å². The number of benzene rings is 5. The third-order valence-electron chi connectivity index (χ3n) is 7.19. The van der Waals surface area contributed by atoms with Gasteiger partial charge in [0, 0.05) is 0 Å². The van der Waals surface area contributed by atoms with Crippen LogP contribution < -0.4 is 10.7 Å². The first-order valence-electron chi connectivity index (χ1n) is 13.7. The van der Waals surface area contributed by atoms with Crippen molar-refractivity contribution in [3.8, 4) is 5.88 Å². The fourth-order valence-electron chi connectivity index (χ4n) is 5.18. The van der Waals surface area contributed by atoms with Gasteiger partial charge in [-0.1, -0.05) is 0 Å². The van der Waals surface area contributed by atoms with Gasteiger partial charge in [-0.2, -0.15) is 0 Å². The summed E-state index contributed by atoms with van der Waals surface area (Å²) in [5, 5.41) is 29.7. The van der Waals surface area contributed by atoms with E-state index in [1.54, 1.807) is 18.2 Å². The molecule has 0 atom stereocenters. The number of hydrogen-bond donors (Lipinski definition) is 3. The summed E-state index contributed by atoms with van der Waals surface area (Å²) in [6.45, 7) is 0. The fourth-order valence-corrected chi connectivity index (χ4v) is 23.0. The van der Waals surface area contributed by atoms with Gasteiger partial charge in [-0.3, -0.25) is 0 Å². The molecule has 0 unspecified atom stereocenters. The van der Waals surface area contributed by atoms with Crippen LogP contribution in [0.1, 0.15) is 11.1 Å². The van der Waals surface area contributed by atoms with Crippen molar-refractivity contribution in [1.82, 2.24) is 4.98 Å². The normalized spacial score (nSPS) is 12.2. The molecule has 0 radical (unpaired) electrons. The van der Waals surface area contributed by atoms with E-state index >= 15 is 0 Å².